The molecule has 0 fully saturated rings. The molecule has 78 valence electrons. The molecule has 2 rings (SSSR count). The Morgan fingerprint density at radius 1 is 1.13 bits per heavy atom. The van der Waals surface area contributed by atoms with Crippen molar-refractivity contribution in [2.45, 2.75) is 13.8 Å². The van der Waals surface area contributed by atoms with Gasteiger partial charge in [0.2, 0.25) is 0 Å². The molecule has 0 radical (unpaired) electrons. The second kappa shape index (κ2) is 3.74. The zero-order valence-corrected chi connectivity index (χ0v) is 10.3. The monoisotopic (exact) mass is 265 g/mol. The van der Waals surface area contributed by atoms with Gasteiger partial charge in [0.1, 0.15) is 5.76 Å². The second-order valence-corrected chi connectivity index (χ2v) is 4.41. The van der Waals surface area contributed by atoms with Gasteiger partial charge in [0.25, 0.3) is 0 Å². The molecular formula is C12H12BrNO. The molecule has 2 N–H and O–H groups in total. The van der Waals surface area contributed by atoms with Gasteiger partial charge in [-0.2, -0.15) is 0 Å². The second-order valence-electron chi connectivity index (χ2n) is 3.63. The van der Waals surface area contributed by atoms with Crippen molar-refractivity contribution in [2.75, 3.05) is 5.73 Å². The number of halogens is 1. The molecular weight excluding hydrogens is 254 g/mol. The number of nitrogen functional groups attached to an aromatic ring is 1. The lowest BCUT2D eigenvalue weighted by atomic mass is 10.0. The van der Waals surface area contributed by atoms with Crippen LogP contribution in [-0.2, 0) is 0 Å². The maximum Gasteiger partial charge on any atom is 0.169 e. The van der Waals surface area contributed by atoms with E-state index in [2.05, 4.69) is 22.0 Å². The molecule has 2 aromatic rings. The van der Waals surface area contributed by atoms with Crippen LogP contribution in [0.2, 0.25) is 0 Å². The van der Waals surface area contributed by atoms with Crippen LogP contribution in [-0.4, -0.2) is 0 Å². The van der Waals surface area contributed by atoms with Crippen molar-refractivity contribution in [3.63, 3.8) is 0 Å². The van der Waals surface area contributed by atoms with Gasteiger partial charge in [-0.15, -0.1) is 0 Å². The van der Waals surface area contributed by atoms with Crippen molar-refractivity contribution in [2.24, 2.45) is 0 Å². The molecule has 1 heterocycles. The lowest BCUT2D eigenvalue weighted by Crippen LogP contribution is -1.92. The van der Waals surface area contributed by atoms with Gasteiger partial charge in [-0.3, -0.25) is 0 Å². The van der Waals surface area contributed by atoms with Crippen LogP contribution in [0, 0.1) is 13.8 Å². The molecule has 15 heavy (non-hydrogen) atoms. The predicted octanol–water partition coefficient (Wildman–Crippen LogP) is 3.91. The smallest absolute Gasteiger partial charge is 0.169 e. The van der Waals surface area contributed by atoms with E-state index < -0.39 is 0 Å². The van der Waals surface area contributed by atoms with Crippen molar-refractivity contribution in [1.29, 1.82) is 0 Å². The van der Waals surface area contributed by atoms with E-state index in [9.17, 15) is 0 Å². The number of hydrogen-bond acceptors (Lipinski definition) is 2. The lowest BCUT2D eigenvalue weighted by Gasteiger charge is -2.07. The van der Waals surface area contributed by atoms with Gasteiger partial charge in [0.15, 0.2) is 4.67 Å². The van der Waals surface area contributed by atoms with Crippen LogP contribution < -0.4 is 5.73 Å². The maximum atomic E-state index is 5.83. The molecule has 0 aliphatic carbocycles. The summed E-state index contributed by atoms with van der Waals surface area (Å²) in [6.07, 6.45) is 0. The fourth-order valence-corrected chi connectivity index (χ4v) is 1.87. The van der Waals surface area contributed by atoms with Crippen molar-refractivity contribution >= 4 is 21.6 Å². The third kappa shape index (κ3) is 1.92. The molecule has 1 aromatic carbocycles. The Bertz CT molecular complexity index is 502. The number of rotatable bonds is 1. The molecule has 0 spiro atoms. The molecule has 0 amide bonds. The molecule has 3 heteroatoms. The summed E-state index contributed by atoms with van der Waals surface area (Å²) in [5.74, 6) is 0.863. The number of anilines is 1. The Hall–Kier alpha value is -1.22. The zero-order valence-electron chi connectivity index (χ0n) is 8.67. The van der Waals surface area contributed by atoms with Gasteiger partial charge in [-0.1, -0.05) is 0 Å². The first-order valence-electron chi connectivity index (χ1n) is 4.70. The summed E-state index contributed by atoms with van der Waals surface area (Å²) >= 11 is 3.30. The van der Waals surface area contributed by atoms with Crippen LogP contribution in [0.3, 0.4) is 0 Å². The summed E-state index contributed by atoms with van der Waals surface area (Å²) in [5.41, 5.74) is 9.94. The van der Waals surface area contributed by atoms with Crippen molar-refractivity contribution in [3.05, 3.63) is 40.1 Å². The summed E-state index contributed by atoms with van der Waals surface area (Å²) < 4.78 is 6.26. The number of aryl methyl sites for hydroxylation is 2. The maximum absolute atomic E-state index is 5.83. The normalized spacial score (nSPS) is 10.6. The standard InChI is InChI=1S/C12H12BrNO/c1-7-6-10(14)8(2)5-9(7)11-3-4-12(13)15-11/h3-6H,14H2,1-2H3. The summed E-state index contributed by atoms with van der Waals surface area (Å²) in [6.45, 7) is 4.03. The van der Waals surface area contributed by atoms with Crippen LogP contribution in [0.15, 0.2) is 33.4 Å². The Kier molecular flexibility index (Phi) is 2.57. The molecule has 0 aliphatic heterocycles. The number of benzene rings is 1. The summed E-state index contributed by atoms with van der Waals surface area (Å²) in [7, 11) is 0. The average molecular weight is 266 g/mol. The highest BCUT2D eigenvalue weighted by atomic mass is 79.9. The first-order valence-corrected chi connectivity index (χ1v) is 5.49. The van der Waals surface area contributed by atoms with Crippen LogP contribution in [0.25, 0.3) is 11.3 Å². The van der Waals surface area contributed by atoms with Gasteiger partial charge in [-0.05, 0) is 65.2 Å². The largest absolute Gasteiger partial charge is 0.449 e. The van der Waals surface area contributed by atoms with Gasteiger partial charge in [0, 0.05) is 11.3 Å². The number of furan rings is 1. The highest BCUT2D eigenvalue weighted by molar-refractivity contribution is 9.10. The Morgan fingerprint density at radius 2 is 1.87 bits per heavy atom. The van der Waals surface area contributed by atoms with Crippen LogP contribution >= 0.6 is 15.9 Å². The van der Waals surface area contributed by atoms with E-state index in [4.69, 9.17) is 10.2 Å². The fraction of sp³-hybridized carbons (Fsp3) is 0.167. The molecule has 0 saturated carbocycles. The van der Waals surface area contributed by atoms with Crippen LogP contribution in [0.1, 0.15) is 11.1 Å². The van der Waals surface area contributed by atoms with Crippen LogP contribution in [0.4, 0.5) is 5.69 Å². The molecule has 1 aromatic heterocycles. The Balaban J connectivity index is 2.58. The Labute approximate surface area is 97.2 Å². The summed E-state index contributed by atoms with van der Waals surface area (Å²) in [5, 5.41) is 0. The van der Waals surface area contributed by atoms with Crippen molar-refractivity contribution in [3.8, 4) is 11.3 Å². The minimum Gasteiger partial charge on any atom is -0.449 e. The van der Waals surface area contributed by atoms with Crippen molar-refractivity contribution in [1.82, 2.24) is 0 Å². The number of nitrogens with two attached hydrogens (primary N) is 1. The van der Waals surface area contributed by atoms with Gasteiger partial charge in [0.05, 0.1) is 0 Å². The van der Waals surface area contributed by atoms with E-state index in [1.807, 2.05) is 32.0 Å². The quantitative estimate of drug-likeness (QED) is 0.795. The van der Waals surface area contributed by atoms with E-state index in [-0.39, 0.29) is 0 Å². The van der Waals surface area contributed by atoms with Crippen molar-refractivity contribution < 1.29 is 4.42 Å². The molecule has 0 saturated heterocycles. The zero-order chi connectivity index (χ0) is 11.0. The molecule has 0 aliphatic rings. The van der Waals surface area contributed by atoms with Gasteiger partial charge >= 0.3 is 0 Å². The summed E-state index contributed by atoms with van der Waals surface area (Å²) in [6, 6.07) is 7.86. The average Bonchev–Trinajstić information content (AvgIpc) is 2.58. The topological polar surface area (TPSA) is 39.2 Å². The highest BCUT2D eigenvalue weighted by Gasteiger charge is 2.08. The highest BCUT2D eigenvalue weighted by Crippen LogP contribution is 2.30. The van der Waals surface area contributed by atoms with Crippen LogP contribution in [0.5, 0.6) is 0 Å². The fourth-order valence-electron chi connectivity index (χ4n) is 1.56. The van der Waals surface area contributed by atoms with E-state index >= 15 is 0 Å². The Morgan fingerprint density at radius 3 is 2.47 bits per heavy atom. The first kappa shape index (κ1) is 10.3. The third-order valence-corrected chi connectivity index (χ3v) is 2.88. The van der Waals surface area contributed by atoms with Gasteiger partial charge < -0.3 is 10.2 Å². The molecule has 2 nitrogen and oxygen atoms in total. The van der Waals surface area contributed by atoms with E-state index in [1.54, 1.807) is 0 Å². The molecule has 0 atom stereocenters. The minimum absolute atomic E-state index is 0.742. The molecule has 0 unspecified atom stereocenters. The van der Waals surface area contributed by atoms with E-state index in [1.165, 1.54) is 0 Å². The SMILES string of the molecule is Cc1cc(-c2ccc(Br)o2)c(C)cc1N. The minimum atomic E-state index is 0.742. The number of hydrogen-bond donors (Lipinski definition) is 1. The lowest BCUT2D eigenvalue weighted by molar-refractivity contribution is 0.555. The summed E-state index contributed by atoms with van der Waals surface area (Å²) in [4.78, 5) is 0. The predicted molar refractivity (Wildman–Crippen MR) is 65.7 cm³/mol. The molecule has 0 bridgehead atoms. The van der Waals surface area contributed by atoms with E-state index in [0.717, 1.165) is 32.8 Å². The first-order chi connectivity index (χ1) is 7.08. The van der Waals surface area contributed by atoms with Gasteiger partial charge in [-0.25, -0.2) is 0 Å². The van der Waals surface area contributed by atoms with E-state index in [0.29, 0.717) is 0 Å². The third-order valence-electron chi connectivity index (χ3n) is 2.45.